The average molecular weight is 332 g/mol. The topological polar surface area (TPSA) is 44.1 Å². The molecule has 0 N–H and O–H groups in total. The molecule has 3 heteroatoms. The SMILES string of the molecule is C[C@@H]1CCN(CC2CC2)C[C@H]1C(=O)c1ccc2cc(C#N)ccc2c1. The Morgan fingerprint density at radius 2 is 1.92 bits per heavy atom. The number of nitrogens with zero attached hydrogens (tertiary/aromatic N) is 2. The fourth-order valence-corrected chi connectivity index (χ4v) is 3.99. The minimum Gasteiger partial charge on any atom is -0.302 e. The molecular formula is C22H24N2O. The van der Waals surface area contributed by atoms with E-state index in [0.29, 0.717) is 11.5 Å². The molecule has 25 heavy (non-hydrogen) atoms. The summed E-state index contributed by atoms with van der Waals surface area (Å²) in [6, 6.07) is 13.7. The van der Waals surface area contributed by atoms with Gasteiger partial charge in [-0.15, -0.1) is 0 Å². The molecular weight excluding hydrogens is 308 g/mol. The highest BCUT2D eigenvalue weighted by Gasteiger charge is 2.34. The Labute approximate surface area is 149 Å². The lowest BCUT2D eigenvalue weighted by atomic mass is 9.81. The predicted molar refractivity (Wildman–Crippen MR) is 99.4 cm³/mol. The molecule has 1 aliphatic heterocycles. The van der Waals surface area contributed by atoms with Crippen LogP contribution in [-0.4, -0.2) is 30.3 Å². The van der Waals surface area contributed by atoms with E-state index in [1.165, 1.54) is 19.4 Å². The monoisotopic (exact) mass is 332 g/mol. The summed E-state index contributed by atoms with van der Waals surface area (Å²) in [6.45, 7) is 5.43. The number of fused-ring (bicyclic) bond motifs is 1. The molecule has 1 aliphatic carbocycles. The summed E-state index contributed by atoms with van der Waals surface area (Å²) in [6.07, 6.45) is 3.84. The molecule has 1 saturated carbocycles. The van der Waals surface area contributed by atoms with E-state index in [4.69, 9.17) is 5.26 Å². The zero-order valence-corrected chi connectivity index (χ0v) is 14.7. The Kier molecular flexibility index (Phi) is 4.31. The molecule has 2 aromatic rings. The van der Waals surface area contributed by atoms with Gasteiger partial charge in [-0.1, -0.05) is 25.1 Å². The van der Waals surface area contributed by atoms with Crippen molar-refractivity contribution in [2.24, 2.45) is 17.8 Å². The molecule has 0 bridgehead atoms. The lowest BCUT2D eigenvalue weighted by Crippen LogP contribution is -2.43. The molecule has 2 aromatic carbocycles. The molecule has 1 saturated heterocycles. The number of carbonyl (C=O) groups excluding carboxylic acids is 1. The van der Waals surface area contributed by atoms with E-state index in [2.05, 4.69) is 17.9 Å². The first kappa shape index (κ1) is 16.3. The van der Waals surface area contributed by atoms with Crippen molar-refractivity contribution in [1.29, 1.82) is 5.26 Å². The lowest BCUT2D eigenvalue weighted by Gasteiger charge is -2.36. The van der Waals surface area contributed by atoms with Gasteiger partial charge in [0.2, 0.25) is 0 Å². The Balaban J connectivity index is 1.56. The Morgan fingerprint density at radius 3 is 2.68 bits per heavy atom. The van der Waals surface area contributed by atoms with Crippen molar-refractivity contribution in [1.82, 2.24) is 4.90 Å². The zero-order chi connectivity index (χ0) is 17.4. The van der Waals surface area contributed by atoms with Gasteiger partial charge >= 0.3 is 0 Å². The van der Waals surface area contributed by atoms with Crippen LogP contribution < -0.4 is 0 Å². The van der Waals surface area contributed by atoms with Crippen LogP contribution >= 0.6 is 0 Å². The highest BCUT2D eigenvalue weighted by Crippen LogP contribution is 2.33. The number of Topliss-reactive ketones (excluding diaryl/α,β-unsaturated/α-hetero) is 1. The lowest BCUT2D eigenvalue weighted by molar-refractivity contribution is 0.0711. The number of ketones is 1. The molecule has 4 rings (SSSR count). The summed E-state index contributed by atoms with van der Waals surface area (Å²) >= 11 is 0. The minimum absolute atomic E-state index is 0.100. The number of piperidine rings is 1. The molecule has 0 unspecified atom stereocenters. The summed E-state index contributed by atoms with van der Waals surface area (Å²) in [4.78, 5) is 15.6. The zero-order valence-electron chi connectivity index (χ0n) is 14.7. The molecule has 2 aliphatic rings. The third-order valence-electron chi connectivity index (χ3n) is 5.85. The normalized spacial score (nSPS) is 24.2. The molecule has 0 spiro atoms. The van der Waals surface area contributed by atoms with Crippen LogP contribution in [-0.2, 0) is 0 Å². The number of nitriles is 1. The van der Waals surface area contributed by atoms with Crippen molar-refractivity contribution in [3.8, 4) is 6.07 Å². The van der Waals surface area contributed by atoms with Crippen LogP contribution in [0.4, 0.5) is 0 Å². The number of hydrogen-bond acceptors (Lipinski definition) is 3. The van der Waals surface area contributed by atoms with Crippen LogP contribution in [0.2, 0.25) is 0 Å². The number of likely N-dealkylation sites (tertiary alicyclic amines) is 1. The van der Waals surface area contributed by atoms with Gasteiger partial charge in [-0.05, 0) is 66.6 Å². The standard InChI is InChI=1S/C22H24N2O/c1-15-8-9-24(13-16-2-3-16)14-21(15)22(25)20-7-6-18-10-17(12-23)4-5-19(18)11-20/h4-7,10-11,15-16,21H,2-3,8-9,13-14H2,1H3/t15-,21-/m1/s1. The van der Waals surface area contributed by atoms with Crippen molar-refractivity contribution < 1.29 is 4.79 Å². The van der Waals surface area contributed by atoms with E-state index in [9.17, 15) is 4.79 Å². The third kappa shape index (κ3) is 3.45. The quantitative estimate of drug-likeness (QED) is 0.786. The second-order valence-electron chi connectivity index (χ2n) is 7.83. The van der Waals surface area contributed by atoms with Crippen LogP contribution in [0, 0.1) is 29.1 Å². The van der Waals surface area contributed by atoms with E-state index in [1.807, 2.05) is 36.4 Å². The Morgan fingerprint density at radius 1 is 1.16 bits per heavy atom. The van der Waals surface area contributed by atoms with Gasteiger partial charge in [-0.3, -0.25) is 4.79 Å². The van der Waals surface area contributed by atoms with E-state index >= 15 is 0 Å². The van der Waals surface area contributed by atoms with Crippen LogP contribution in [0.15, 0.2) is 36.4 Å². The summed E-state index contributed by atoms with van der Waals surface area (Å²) in [5.41, 5.74) is 1.46. The molecule has 128 valence electrons. The van der Waals surface area contributed by atoms with Gasteiger partial charge in [0, 0.05) is 24.6 Å². The van der Waals surface area contributed by atoms with Crippen molar-refractivity contribution in [3.63, 3.8) is 0 Å². The largest absolute Gasteiger partial charge is 0.302 e. The maximum atomic E-state index is 13.1. The first-order valence-electron chi connectivity index (χ1n) is 9.34. The van der Waals surface area contributed by atoms with E-state index < -0.39 is 0 Å². The first-order valence-corrected chi connectivity index (χ1v) is 9.34. The van der Waals surface area contributed by atoms with Gasteiger partial charge < -0.3 is 4.90 Å². The summed E-state index contributed by atoms with van der Waals surface area (Å²) < 4.78 is 0. The van der Waals surface area contributed by atoms with Crippen LogP contribution in [0.1, 0.15) is 42.1 Å². The molecule has 1 heterocycles. The summed E-state index contributed by atoms with van der Waals surface area (Å²) in [7, 11) is 0. The summed E-state index contributed by atoms with van der Waals surface area (Å²) in [5.74, 6) is 1.70. The summed E-state index contributed by atoms with van der Waals surface area (Å²) in [5, 5.41) is 11.1. The van der Waals surface area contributed by atoms with E-state index in [-0.39, 0.29) is 11.7 Å². The third-order valence-corrected chi connectivity index (χ3v) is 5.85. The predicted octanol–water partition coefficient (Wildman–Crippen LogP) is 4.26. The first-order chi connectivity index (χ1) is 12.1. The molecule has 0 aromatic heterocycles. The fraction of sp³-hybridized carbons (Fsp3) is 0.455. The van der Waals surface area contributed by atoms with Crippen molar-refractivity contribution >= 4 is 16.6 Å². The van der Waals surface area contributed by atoms with Crippen LogP contribution in [0.25, 0.3) is 10.8 Å². The maximum absolute atomic E-state index is 13.1. The molecule has 0 radical (unpaired) electrons. The number of carbonyl (C=O) groups is 1. The van der Waals surface area contributed by atoms with Gasteiger partial charge in [0.05, 0.1) is 11.6 Å². The Bertz CT molecular complexity index is 847. The smallest absolute Gasteiger partial charge is 0.167 e. The molecule has 2 fully saturated rings. The van der Waals surface area contributed by atoms with Crippen LogP contribution in [0.3, 0.4) is 0 Å². The van der Waals surface area contributed by atoms with Gasteiger partial charge in [0.1, 0.15) is 0 Å². The van der Waals surface area contributed by atoms with Gasteiger partial charge in [0.25, 0.3) is 0 Å². The highest BCUT2D eigenvalue weighted by molar-refractivity contribution is 6.01. The molecule has 3 nitrogen and oxygen atoms in total. The van der Waals surface area contributed by atoms with Gasteiger partial charge in [-0.25, -0.2) is 0 Å². The van der Waals surface area contributed by atoms with Gasteiger partial charge in [0.15, 0.2) is 5.78 Å². The number of benzene rings is 2. The minimum atomic E-state index is 0.100. The highest BCUT2D eigenvalue weighted by atomic mass is 16.1. The van der Waals surface area contributed by atoms with Gasteiger partial charge in [-0.2, -0.15) is 5.26 Å². The fourth-order valence-electron chi connectivity index (χ4n) is 3.99. The number of hydrogen-bond donors (Lipinski definition) is 0. The number of rotatable bonds is 4. The van der Waals surface area contributed by atoms with Crippen LogP contribution in [0.5, 0.6) is 0 Å². The molecule has 0 amide bonds. The second-order valence-corrected chi connectivity index (χ2v) is 7.83. The van der Waals surface area contributed by atoms with E-state index in [1.54, 1.807) is 0 Å². The maximum Gasteiger partial charge on any atom is 0.167 e. The second kappa shape index (κ2) is 6.61. The van der Waals surface area contributed by atoms with Crippen molar-refractivity contribution in [2.75, 3.05) is 19.6 Å². The van der Waals surface area contributed by atoms with Crippen molar-refractivity contribution in [2.45, 2.75) is 26.2 Å². The Hall–Kier alpha value is -2.18. The average Bonchev–Trinajstić information content (AvgIpc) is 3.46. The van der Waals surface area contributed by atoms with E-state index in [0.717, 1.165) is 41.8 Å². The van der Waals surface area contributed by atoms with Crippen molar-refractivity contribution in [3.05, 3.63) is 47.5 Å². The molecule has 2 atom stereocenters.